The molecule has 0 amide bonds. The molecule has 0 radical (unpaired) electrons. The molecule has 0 aromatic carbocycles. The summed E-state index contributed by atoms with van der Waals surface area (Å²) in [6.45, 7) is 4.01. The van der Waals surface area contributed by atoms with Crippen molar-refractivity contribution >= 4 is 14.8 Å². The van der Waals surface area contributed by atoms with Crippen LogP contribution in [0.1, 0.15) is 26.2 Å². The van der Waals surface area contributed by atoms with Crippen molar-refractivity contribution in [2.24, 2.45) is 5.73 Å². The summed E-state index contributed by atoms with van der Waals surface area (Å²) in [6, 6.07) is 0.656. The van der Waals surface area contributed by atoms with E-state index in [0.717, 1.165) is 25.9 Å². The second-order valence-corrected chi connectivity index (χ2v) is 7.23. The predicted molar refractivity (Wildman–Crippen MR) is 78.1 cm³/mol. The molecule has 0 aliphatic carbocycles. The van der Waals surface area contributed by atoms with Crippen molar-refractivity contribution in [3.05, 3.63) is 0 Å². The molecule has 7 nitrogen and oxygen atoms in total. The Morgan fingerprint density at radius 3 is 2.50 bits per heavy atom. The van der Waals surface area contributed by atoms with Crippen LogP contribution in [0.15, 0.2) is 0 Å². The molecule has 0 aromatic heterocycles. The summed E-state index contributed by atoms with van der Waals surface area (Å²) in [5, 5.41) is 3.19. The number of nitrogens with one attached hydrogen (secondary N) is 1. The molecule has 0 unspecified atom stereocenters. The highest BCUT2D eigenvalue weighted by Gasteiger charge is 2.38. The fourth-order valence-electron chi connectivity index (χ4n) is 1.60. The number of hydrogen-bond donors (Lipinski definition) is 2. The van der Waals surface area contributed by atoms with Gasteiger partial charge in [0.15, 0.2) is 6.79 Å². The molecular formula is C12H28N2O5Si. The number of esters is 1. The van der Waals surface area contributed by atoms with Gasteiger partial charge in [0.2, 0.25) is 0 Å². The van der Waals surface area contributed by atoms with Gasteiger partial charge in [0.05, 0.1) is 0 Å². The highest BCUT2D eigenvalue weighted by atomic mass is 28.4. The molecule has 20 heavy (non-hydrogen) atoms. The Morgan fingerprint density at radius 2 is 1.95 bits per heavy atom. The van der Waals surface area contributed by atoms with Gasteiger partial charge in [0.1, 0.15) is 0 Å². The molecule has 0 spiro atoms. The molecule has 8 heteroatoms. The van der Waals surface area contributed by atoms with Crippen molar-refractivity contribution in [1.29, 1.82) is 0 Å². The van der Waals surface area contributed by atoms with Gasteiger partial charge in [0.25, 0.3) is 0 Å². The van der Waals surface area contributed by atoms with Crippen molar-refractivity contribution in [3.8, 4) is 0 Å². The first-order valence-corrected chi connectivity index (χ1v) is 8.88. The van der Waals surface area contributed by atoms with Crippen LogP contribution in [0.5, 0.6) is 0 Å². The van der Waals surface area contributed by atoms with Crippen molar-refractivity contribution < 1.29 is 22.8 Å². The molecule has 0 aromatic rings. The van der Waals surface area contributed by atoms with Gasteiger partial charge in [-0.1, -0.05) is 6.92 Å². The van der Waals surface area contributed by atoms with E-state index in [4.69, 9.17) is 23.7 Å². The van der Waals surface area contributed by atoms with Crippen molar-refractivity contribution in [2.75, 3.05) is 40.6 Å². The summed E-state index contributed by atoms with van der Waals surface area (Å²) >= 11 is 0. The van der Waals surface area contributed by atoms with E-state index in [2.05, 4.69) is 5.32 Å². The van der Waals surface area contributed by atoms with Gasteiger partial charge < -0.3 is 29.1 Å². The molecule has 0 saturated heterocycles. The van der Waals surface area contributed by atoms with Crippen molar-refractivity contribution in [3.63, 3.8) is 0 Å². The highest BCUT2D eigenvalue weighted by Crippen LogP contribution is 2.15. The maximum Gasteiger partial charge on any atom is 0.502 e. The molecule has 120 valence electrons. The molecule has 0 atom stereocenters. The van der Waals surface area contributed by atoms with E-state index in [1.165, 1.54) is 0 Å². The van der Waals surface area contributed by atoms with E-state index < -0.39 is 8.80 Å². The average Bonchev–Trinajstić information content (AvgIpc) is 2.45. The minimum atomic E-state index is -2.74. The summed E-state index contributed by atoms with van der Waals surface area (Å²) in [5.74, 6) is -0.271. The van der Waals surface area contributed by atoms with E-state index in [1.54, 1.807) is 14.2 Å². The number of nitrogens with two attached hydrogens (primary N) is 1. The maximum atomic E-state index is 11.2. The minimum Gasteiger partial charge on any atom is -0.439 e. The lowest BCUT2D eigenvalue weighted by Gasteiger charge is -2.26. The van der Waals surface area contributed by atoms with Gasteiger partial charge in [-0.05, 0) is 19.4 Å². The maximum absolute atomic E-state index is 11.2. The van der Waals surface area contributed by atoms with E-state index in [0.29, 0.717) is 19.0 Å². The molecule has 0 saturated carbocycles. The van der Waals surface area contributed by atoms with Crippen molar-refractivity contribution in [2.45, 2.75) is 32.2 Å². The number of hydrogen-bond acceptors (Lipinski definition) is 7. The summed E-state index contributed by atoms with van der Waals surface area (Å²) in [7, 11) is 0.363. The molecule has 0 rings (SSSR count). The third-order valence-corrected chi connectivity index (χ3v) is 5.50. The zero-order valence-electron chi connectivity index (χ0n) is 12.8. The largest absolute Gasteiger partial charge is 0.502 e. The summed E-state index contributed by atoms with van der Waals surface area (Å²) < 4.78 is 21.3. The van der Waals surface area contributed by atoms with Gasteiger partial charge in [0, 0.05) is 39.8 Å². The lowest BCUT2D eigenvalue weighted by atomic mass is 10.3. The second kappa shape index (κ2) is 12.2. The van der Waals surface area contributed by atoms with Gasteiger partial charge in [-0.2, -0.15) is 0 Å². The number of ether oxygens (including phenoxy) is 1. The summed E-state index contributed by atoms with van der Waals surface area (Å²) in [5.41, 5.74) is 5.39. The quantitative estimate of drug-likeness (QED) is 0.221. The summed E-state index contributed by atoms with van der Waals surface area (Å²) in [4.78, 5) is 11.2. The Labute approximate surface area is 122 Å². The van der Waals surface area contributed by atoms with E-state index in [9.17, 15) is 4.79 Å². The smallest absolute Gasteiger partial charge is 0.439 e. The van der Waals surface area contributed by atoms with Crippen LogP contribution in [-0.2, 0) is 22.8 Å². The fourth-order valence-corrected chi connectivity index (χ4v) is 3.40. The van der Waals surface area contributed by atoms with Crippen LogP contribution in [0.3, 0.4) is 0 Å². The Balaban J connectivity index is 4.00. The summed E-state index contributed by atoms with van der Waals surface area (Å²) in [6.07, 6.45) is 1.99. The predicted octanol–water partition coefficient (Wildman–Crippen LogP) is 0.474. The Kier molecular flexibility index (Phi) is 11.9. The monoisotopic (exact) mass is 308 g/mol. The van der Waals surface area contributed by atoms with Crippen LogP contribution in [0.4, 0.5) is 0 Å². The van der Waals surface area contributed by atoms with Crippen LogP contribution < -0.4 is 11.1 Å². The van der Waals surface area contributed by atoms with Gasteiger partial charge in [-0.3, -0.25) is 4.79 Å². The molecular weight excluding hydrogens is 280 g/mol. The molecule has 0 heterocycles. The third kappa shape index (κ3) is 8.62. The minimum absolute atomic E-state index is 0.122. The van der Waals surface area contributed by atoms with Crippen LogP contribution >= 0.6 is 0 Å². The van der Waals surface area contributed by atoms with Crippen LogP contribution in [0, 0.1) is 0 Å². The standard InChI is InChI=1S/C12H28N2O5Si/c1-4-6-12(15)18-11-19-20(16-2,17-3)10-5-8-14-9-7-13/h14H,4-11,13H2,1-3H3. The van der Waals surface area contributed by atoms with Crippen LogP contribution in [0.25, 0.3) is 0 Å². The second-order valence-electron chi connectivity index (χ2n) is 4.26. The number of rotatable bonds is 13. The zero-order valence-corrected chi connectivity index (χ0v) is 13.8. The fraction of sp³-hybridized carbons (Fsp3) is 0.917. The van der Waals surface area contributed by atoms with Gasteiger partial charge >= 0.3 is 14.8 Å². The highest BCUT2D eigenvalue weighted by molar-refractivity contribution is 6.60. The molecule has 0 fully saturated rings. The molecule has 0 bridgehead atoms. The first-order chi connectivity index (χ1) is 9.64. The third-order valence-electron chi connectivity index (χ3n) is 2.73. The molecule has 0 aliphatic rings. The Bertz CT molecular complexity index is 252. The Hall–Kier alpha value is -0.513. The van der Waals surface area contributed by atoms with Gasteiger partial charge in [-0.15, -0.1) is 0 Å². The molecule has 3 N–H and O–H groups in total. The van der Waals surface area contributed by atoms with Crippen LogP contribution in [-0.4, -0.2) is 55.4 Å². The normalized spacial score (nSPS) is 11.6. The van der Waals surface area contributed by atoms with Crippen LogP contribution in [0.2, 0.25) is 6.04 Å². The first kappa shape index (κ1) is 19.5. The average molecular weight is 308 g/mol. The van der Waals surface area contributed by atoms with E-state index >= 15 is 0 Å². The Morgan fingerprint density at radius 1 is 1.25 bits per heavy atom. The SMILES string of the molecule is CCCC(=O)OCO[Si](CCCNCCN)(OC)OC. The first-order valence-electron chi connectivity index (χ1n) is 6.94. The topological polar surface area (TPSA) is 92.0 Å². The number of carbonyl (C=O) groups is 1. The van der Waals surface area contributed by atoms with E-state index in [1.807, 2.05) is 6.92 Å². The number of carbonyl (C=O) groups excluding carboxylic acids is 1. The van der Waals surface area contributed by atoms with E-state index in [-0.39, 0.29) is 12.8 Å². The molecule has 0 aliphatic heterocycles. The lowest BCUT2D eigenvalue weighted by Crippen LogP contribution is -2.45. The van der Waals surface area contributed by atoms with Crippen molar-refractivity contribution in [1.82, 2.24) is 5.32 Å². The lowest BCUT2D eigenvalue weighted by molar-refractivity contribution is -0.152. The van der Waals surface area contributed by atoms with Gasteiger partial charge in [-0.25, -0.2) is 0 Å². The zero-order chi connectivity index (χ0) is 15.3.